The number of ether oxygens (including phenoxy) is 1. The summed E-state index contributed by atoms with van der Waals surface area (Å²) >= 11 is 0. The van der Waals surface area contributed by atoms with Gasteiger partial charge in [0.05, 0.1) is 5.69 Å². The molecule has 0 atom stereocenters. The average Bonchev–Trinajstić information content (AvgIpc) is 3.26. The Morgan fingerprint density at radius 3 is 1.72 bits per heavy atom. The van der Waals surface area contributed by atoms with Gasteiger partial charge in [0.2, 0.25) is 6.71 Å². The van der Waals surface area contributed by atoms with Gasteiger partial charge < -0.3 is 9.64 Å². The molecule has 0 aliphatic carbocycles. The molecule has 0 bridgehead atoms. The summed E-state index contributed by atoms with van der Waals surface area (Å²) in [5, 5.41) is 9.92. The number of hydrogen-bond acceptors (Lipinski definition) is 2. The topological polar surface area (TPSA) is 12.5 Å². The number of hydrogen-bond donors (Lipinski definition) is 0. The van der Waals surface area contributed by atoms with Crippen LogP contribution in [0.15, 0.2) is 170 Å². The Morgan fingerprint density at radius 1 is 0.393 bits per heavy atom. The molecular weight excluding hydrogens is 737 g/mol. The summed E-state index contributed by atoms with van der Waals surface area (Å²) in [5.41, 5.74) is 17.3. The van der Waals surface area contributed by atoms with E-state index in [-0.39, 0.29) is 6.71 Å². The van der Waals surface area contributed by atoms with E-state index in [0.29, 0.717) is 0 Å². The van der Waals surface area contributed by atoms with Gasteiger partial charge >= 0.3 is 0 Å². The lowest BCUT2D eigenvalue weighted by Crippen LogP contribution is -2.54. The Balaban J connectivity index is 1.09. The van der Waals surface area contributed by atoms with Crippen LogP contribution in [0.3, 0.4) is 0 Å². The monoisotopic (exact) mass is 783 g/mol. The van der Waals surface area contributed by atoms with Crippen LogP contribution in [-0.4, -0.2) is 6.71 Å². The molecule has 0 spiro atoms. The third-order valence-corrected chi connectivity index (χ3v) is 13.1. The molecule has 0 unspecified atom stereocenters. The van der Waals surface area contributed by atoms with Gasteiger partial charge in [0.25, 0.3) is 0 Å². The lowest BCUT2D eigenvalue weighted by Gasteiger charge is -2.31. The molecule has 11 rings (SSSR count). The van der Waals surface area contributed by atoms with Crippen LogP contribution in [0, 0.1) is 41.5 Å². The van der Waals surface area contributed by atoms with E-state index in [1.807, 2.05) is 0 Å². The summed E-state index contributed by atoms with van der Waals surface area (Å²) in [6.07, 6.45) is 0. The van der Waals surface area contributed by atoms with E-state index in [1.54, 1.807) is 0 Å². The first-order valence-corrected chi connectivity index (χ1v) is 21.4. The van der Waals surface area contributed by atoms with Gasteiger partial charge in [-0.2, -0.15) is 0 Å². The van der Waals surface area contributed by atoms with Crippen molar-refractivity contribution in [3.63, 3.8) is 0 Å². The van der Waals surface area contributed by atoms with Crippen molar-refractivity contribution in [1.29, 1.82) is 0 Å². The number of aryl methyl sites for hydroxylation is 6. The van der Waals surface area contributed by atoms with Crippen molar-refractivity contribution in [2.75, 3.05) is 4.90 Å². The summed E-state index contributed by atoms with van der Waals surface area (Å²) in [5.74, 6) is 1.75. The van der Waals surface area contributed by atoms with Crippen molar-refractivity contribution in [3.05, 3.63) is 203 Å². The largest absolute Gasteiger partial charge is 0.456 e. The number of anilines is 3. The molecule has 0 fully saturated rings. The van der Waals surface area contributed by atoms with Gasteiger partial charge in [-0.05, 0) is 126 Å². The third kappa shape index (κ3) is 6.02. The zero-order valence-electron chi connectivity index (χ0n) is 35.6. The van der Waals surface area contributed by atoms with Crippen LogP contribution in [0.1, 0.15) is 33.4 Å². The normalized spacial score (nSPS) is 11.9. The van der Waals surface area contributed by atoms with Gasteiger partial charge in [-0.15, -0.1) is 0 Å². The van der Waals surface area contributed by atoms with Crippen molar-refractivity contribution in [3.8, 4) is 22.6 Å². The molecule has 0 radical (unpaired) electrons. The molecule has 0 saturated heterocycles. The quantitative estimate of drug-likeness (QED) is 0.123. The first kappa shape index (κ1) is 36.9. The van der Waals surface area contributed by atoms with E-state index in [9.17, 15) is 0 Å². The summed E-state index contributed by atoms with van der Waals surface area (Å²) in [6, 6.07) is 63.0. The van der Waals surface area contributed by atoms with Crippen LogP contribution in [0.5, 0.6) is 11.5 Å². The SMILES string of the molecule is Cc1cc(C)c(B(c2cccc3ccccc23)c2ccc3c4c(cccc24)Oc2cc(N(c4ccc5c(ccc6ccccc65)c4)c4c(C)cc(C)cc4C)ccc2-3)c(C)c1. The third-order valence-electron chi connectivity index (χ3n) is 13.1. The fourth-order valence-electron chi connectivity index (χ4n) is 10.7. The molecule has 1 aliphatic rings. The molecule has 1 heterocycles. The first-order chi connectivity index (χ1) is 29.7. The summed E-state index contributed by atoms with van der Waals surface area (Å²) < 4.78 is 7.06. The number of rotatable bonds is 6. The highest BCUT2D eigenvalue weighted by Gasteiger charge is 2.31. The van der Waals surface area contributed by atoms with Crippen LogP contribution in [0.2, 0.25) is 0 Å². The van der Waals surface area contributed by atoms with E-state index in [4.69, 9.17) is 4.74 Å². The molecule has 0 aromatic heterocycles. The van der Waals surface area contributed by atoms with Crippen molar-refractivity contribution in [2.24, 2.45) is 0 Å². The van der Waals surface area contributed by atoms with Crippen molar-refractivity contribution in [2.45, 2.75) is 41.5 Å². The average molecular weight is 784 g/mol. The fourth-order valence-corrected chi connectivity index (χ4v) is 10.7. The predicted octanol–water partition coefficient (Wildman–Crippen LogP) is 13.9. The minimum absolute atomic E-state index is 0.0225. The smallest absolute Gasteiger partial charge is 0.243 e. The molecule has 0 amide bonds. The Hall–Kier alpha value is -7.10. The minimum atomic E-state index is 0.0225. The van der Waals surface area contributed by atoms with Gasteiger partial charge in [-0.3, -0.25) is 0 Å². The van der Waals surface area contributed by atoms with E-state index < -0.39 is 0 Å². The Labute approximate surface area is 358 Å². The fraction of sp³-hybridized carbons (Fsp3) is 0.103. The second-order valence-corrected chi connectivity index (χ2v) is 17.3. The van der Waals surface area contributed by atoms with Gasteiger partial charge in [-0.1, -0.05) is 172 Å². The summed E-state index contributed by atoms with van der Waals surface area (Å²) in [7, 11) is 0. The van der Waals surface area contributed by atoms with E-state index in [1.165, 1.54) is 98.7 Å². The molecule has 10 aromatic carbocycles. The Morgan fingerprint density at radius 2 is 0.951 bits per heavy atom. The first-order valence-electron chi connectivity index (χ1n) is 21.4. The lowest BCUT2D eigenvalue weighted by molar-refractivity contribution is 0.487. The van der Waals surface area contributed by atoms with Gasteiger partial charge in [-0.25, -0.2) is 0 Å². The van der Waals surface area contributed by atoms with Crippen LogP contribution in [-0.2, 0) is 0 Å². The summed E-state index contributed by atoms with van der Waals surface area (Å²) in [6.45, 7) is 13.4. The zero-order chi connectivity index (χ0) is 41.5. The molecular formula is C58H46BNO. The van der Waals surface area contributed by atoms with Crippen molar-refractivity contribution in [1.82, 2.24) is 0 Å². The molecule has 292 valence electrons. The Kier molecular flexibility index (Phi) is 8.65. The van der Waals surface area contributed by atoms with Crippen LogP contribution >= 0.6 is 0 Å². The maximum absolute atomic E-state index is 7.06. The predicted molar refractivity (Wildman–Crippen MR) is 263 cm³/mol. The van der Waals surface area contributed by atoms with Crippen molar-refractivity contribution >= 4 is 83.3 Å². The Bertz CT molecular complexity index is 3380. The van der Waals surface area contributed by atoms with E-state index in [0.717, 1.165) is 33.8 Å². The summed E-state index contributed by atoms with van der Waals surface area (Å²) in [4.78, 5) is 2.42. The number of fused-ring (bicyclic) bond motifs is 6. The molecule has 0 saturated carbocycles. The van der Waals surface area contributed by atoms with Crippen molar-refractivity contribution < 1.29 is 4.74 Å². The second-order valence-electron chi connectivity index (χ2n) is 17.3. The second kappa shape index (κ2) is 14.3. The molecule has 1 aliphatic heterocycles. The minimum Gasteiger partial charge on any atom is -0.456 e. The highest BCUT2D eigenvalue weighted by Crippen LogP contribution is 2.49. The van der Waals surface area contributed by atoms with E-state index in [2.05, 4.69) is 216 Å². The van der Waals surface area contributed by atoms with Gasteiger partial charge in [0, 0.05) is 28.4 Å². The van der Waals surface area contributed by atoms with E-state index >= 15 is 0 Å². The lowest BCUT2D eigenvalue weighted by atomic mass is 9.34. The van der Waals surface area contributed by atoms with Crippen LogP contribution < -0.4 is 26.0 Å². The zero-order valence-corrected chi connectivity index (χ0v) is 35.6. The molecule has 3 heteroatoms. The molecule has 10 aromatic rings. The van der Waals surface area contributed by atoms with Gasteiger partial charge in [0.15, 0.2) is 0 Å². The standard InChI is InChI=1S/C58H46BNO/c1-35-29-37(3)57(38(4)30-35)59(52-19-11-15-41-13-8-10-17-48(41)52)53-28-27-50-49-26-24-45(34-55(49)61-54-20-12-18-51(53)56(50)54)60(58-39(5)31-36(2)32-40(58)6)44-23-25-47-43(33-44)22-21-42-14-7-9-16-46(42)47/h7-34H,1-6H3. The highest BCUT2D eigenvalue weighted by atomic mass is 16.5. The van der Waals surface area contributed by atoms with Gasteiger partial charge in [0.1, 0.15) is 11.5 Å². The van der Waals surface area contributed by atoms with Crippen LogP contribution in [0.25, 0.3) is 54.2 Å². The number of nitrogens with zero attached hydrogens (tertiary/aromatic N) is 1. The molecule has 2 nitrogen and oxygen atoms in total. The maximum atomic E-state index is 7.06. The maximum Gasteiger partial charge on any atom is 0.243 e. The molecule has 61 heavy (non-hydrogen) atoms. The molecule has 0 N–H and O–H groups in total. The van der Waals surface area contributed by atoms with Crippen LogP contribution in [0.4, 0.5) is 17.1 Å². The highest BCUT2D eigenvalue weighted by molar-refractivity contribution is 6.98. The number of benzene rings is 10.